The molecule has 0 saturated carbocycles. The lowest BCUT2D eigenvalue weighted by Crippen LogP contribution is -2.52. The number of aromatic hydroxyl groups is 1. The topological polar surface area (TPSA) is 56.2 Å². The van der Waals surface area contributed by atoms with E-state index in [1.165, 1.54) is 13.2 Å². The van der Waals surface area contributed by atoms with Crippen LogP contribution >= 0.6 is 0 Å². The molecule has 0 unspecified atom stereocenters. The lowest BCUT2D eigenvalue weighted by molar-refractivity contribution is 0.0495. The van der Waals surface area contributed by atoms with Crippen LogP contribution in [-0.2, 0) is 13.1 Å². The Hall–Kier alpha value is -2.22. The molecule has 1 fully saturated rings. The quantitative estimate of drug-likeness (QED) is 0.759. The highest BCUT2D eigenvalue weighted by Crippen LogP contribution is 2.31. The monoisotopic (exact) mass is 392 g/mol. The second kappa shape index (κ2) is 9.32. The summed E-state index contributed by atoms with van der Waals surface area (Å²) >= 11 is 0. The molecule has 2 aromatic carbocycles. The Morgan fingerprint density at radius 3 is 2.64 bits per heavy atom. The molecule has 0 aliphatic carbocycles. The summed E-state index contributed by atoms with van der Waals surface area (Å²) in [5.74, 6) is -1.10. The zero-order valence-electron chi connectivity index (χ0n) is 15.9. The second-order valence-electron chi connectivity index (χ2n) is 7.09. The maximum atomic E-state index is 13.5. The maximum Gasteiger partial charge on any atom is 0.162 e. The molecular formula is C21H26F2N2O3. The first-order valence-corrected chi connectivity index (χ1v) is 9.38. The molecule has 1 heterocycles. The summed E-state index contributed by atoms with van der Waals surface area (Å²) in [4.78, 5) is 4.40. The highest BCUT2D eigenvalue weighted by molar-refractivity contribution is 5.45. The van der Waals surface area contributed by atoms with Crippen LogP contribution in [0.2, 0.25) is 0 Å². The summed E-state index contributed by atoms with van der Waals surface area (Å²) < 4.78 is 31.8. The first-order chi connectivity index (χ1) is 13.5. The molecule has 2 N–H and O–H groups in total. The highest BCUT2D eigenvalue weighted by atomic mass is 19.2. The van der Waals surface area contributed by atoms with E-state index in [9.17, 15) is 19.0 Å². The standard InChI is InChI=1S/C21H26F2N2O3/c1-28-20-4-2-3-16(21(20)27)13-24-8-9-25(17(14-24)7-10-26)12-15-5-6-18(22)19(23)11-15/h2-6,11,17,26-27H,7-10,12-14H2,1H3/t17-/m0/s1. The zero-order valence-corrected chi connectivity index (χ0v) is 15.9. The van der Waals surface area contributed by atoms with Gasteiger partial charge in [0.1, 0.15) is 0 Å². The lowest BCUT2D eigenvalue weighted by Gasteiger charge is -2.41. The minimum atomic E-state index is -0.849. The van der Waals surface area contributed by atoms with Crippen molar-refractivity contribution in [3.63, 3.8) is 0 Å². The van der Waals surface area contributed by atoms with Crippen molar-refractivity contribution < 1.29 is 23.7 Å². The van der Waals surface area contributed by atoms with Gasteiger partial charge in [0.25, 0.3) is 0 Å². The molecular weight excluding hydrogens is 366 g/mol. The molecule has 1 saturated heterocycles. The van der Waals surface area contributed by atoms with Crippen LogP contribution in [0.3, 0.4) is 0 Å². The van der Waals surface area contributed by atoms with Crippen molar-refractivity contribution in [2.45, 2.75) is 25.6 Å². The van der Waals surface area contributed by atoms with E-state index in [1.54, 1.807) is 12.1 Å². The van der Waals surface area contributed by atoms with E-state index < -0.39 is 11.6 Å². The van der Waals surface area contributed by atoms with Crippen LogP contribution < -0.4 is 4.74 Å². The van der Waals surface area contributed by atoms with Crippen LogP contribution in [0.5, 0.6) is 11.5 Å². The van der Waals surface area contributed by atoms with Gasteiger partial charge in [-0.1, -0.05) is 18.2 Å². The number of phenolic OH excluding ortho intramolecular Hbond substituents is 1. The first-order valence-electron chi connectivity index (χ1n) is 9.38. The third-order valence-electron chi connectivity index (χ3n) is 5.22. The molecule has 7 heteroatoms. The van der Waals surface area contributed by atoms with Crippen molar-refractivity contribution in [1.82, 2.24) is 9.80 Å². The summed E-state index contributed by atoms with van der Waals surface area (Å²) in [6, 6.07) is 9.48. The van der Waals surface area contributed by atoms with Gasteiger partial charge in [-0.3, -0.25) is 9.80 Å². The number of para-hydroxylation sites is 1. The number of benzene rings is 2. The number of piperazine rings is 1. The molecule has 1 aliphatic rings. The molecule has 1 aliphatic heterocycles. The number of phenols is 1. The van der Waals surface area contributed by atoms with Crippen molar-refractivity contribution in [2.24, 2.45) is 0 Å². The molecule has 0 amide bonds. The average molecular weight is 392 g/mol. The minimum absolute atomic E-state index is 0.0528. The second-order valence-corrected chi connectivity index (χ2v) is 7.09. The van der Waals surface area contributed by atoms with Gasteiger partial charge in [0.2, 0.25) is 0 Å². The van der Waals surface area contributed by atoms with Gasteiger partial charge in [0, 0.05) is 50.9 Å². The molecule has 1 atom stereocenters. The van der Waals surface area contributed by atoms with Gasteiger partial charge in [-0.25, -0.2) is 8.78 Å². The van der Waals surface area contributed by atoms with Crippen LogP contribution in [0.25, 0.3) is 0 Å². The first kappa shape index (κ1) is 20.5. The van der Waals surface area contributed by atoms with E-state index in [0.29, 0.717) is 37.4 Å². The van der Waals surface area contributed by atoms with Crippen LogP contribution in [-0.4, -0.2) is 59.4 Å². The van der Waals surface area contributed by atoms with Crippen molar-refractivity contribution >= 4 is 0 Å². The van der Waals surface area contributed by atoms with Gasteiger partial charge >= 0.3 is 0 Å². The van der Waals surface area contributed by atoms with E-state index in [0.717, 1.165) is 24.7 Å². The molecule has 28 heavy (non-hydrogen) atoms. The number of hydrogen-bond donors (Lipinski definition) is 2. The number of hydrogen-bond acceptors (Lipinski definition) is 5. The number of aliphatic hydroxyl groups excluding tert-OH is 1. The summed E-state index contributed by atoms with van der Waals surface area (Å²) in [5, 5.41) is 19.8. The third-order valence-corrected chi connectivity index (χ3v) is 5.22. The summed E-state index contributed by atoms with van der Waals surface area (Å²) in [6.45, 7) is 3.33. The predicted molar refractivity (Wildman–Crippen MR) is 102 cm³/mol. The summed E-state index contributed by atoms with van der Waals surface area (Å²) in [7, 11) is 1.52. The third kappa shape index (κ3) is 4.79. The van der Waals surface area contributed by atoms with Crippen molar-refractivity contribution in [1.29, 1.82) is 0 Å². The van der Waals surface area contributed by atoms with Gasteiger partial charge < -0.3 is 14.9 Å². The van der Waals surface area contributed by atoms with E-state index in [4.69, 9.17) is 4.74 Å². The number of methoxy groups -OCH3 is 1. The Morgan fingerprint density at radius 2 is 1.93 bits per heavy atom. The van der Waals surface area contributed by atoms with E-state index in [1.807, 2.05) is 12.1 Å². The zero-order chi connectivity index (χ0) is 20.1. The fourth-order valence-electron chi connectivity index (χ4n) is 3.71. The fourth-order valence-corrected chi connectivity index (χ4v) is 3.71. The van der Waals surface area contributed by atoms with E-state index in [2.05, 4.69) is 9.80 Å². The number of ether oxygens (including phenoxy) is 1. The molecule has 0 spiro atoms. The minimum Gasteiger partial charge on any atom is -0.504 e. The average Bonchev–Trinajstić information content (AvgIpc) is 2.68. The van der Waals surface area contributed by atoms with E-state index >= 15 is 0 Å². The highest BCUT2D eigenvalue weighted by Gasteiger charge is 2.27. The van der Waals surface area contributed by atoms with Gasteiger partial charge in [-0.05, 0) is 30.2 Å². The molecule has 3 rings (SSSR count). The SMILES string of the molecule is COc1cccc(CN2CCN(Cc3ccc(F)c(F)c3)[C@@H](CCO)C2)c1O. The number of rotatable bonds is 7. The molecule has 5 nitrogen and oxygen atoms in total. The number of halogens is 2. The molecule has 0 aromatic heterocycles. The molecule has 152 valence electrons. The number of aliphatic hydroxyl groups is 1. The van der Waals surface area contributed by atoms with Crippen molar-refractivity contribution in [3.8, 4) is 11.5 Å². The smallest absolute Gasteiger partial charge is 0.162 e. The van der Waals surface area contributed by atoms with Crippen LogP contribution in [0, 0.1) is 11.6 Å². The van der Waals surface area contributed by atoms with Crippen LogP contribution in [0.15, 0.2) is 36.4 Å². The molecule has 2 aromatic rings. The maximum absolute atomic E-state index is 13.5. The Kier molecular flexibility index (Phi) is 6.83. The van der Waals surface area contributed by atoms with Gasteiger partial charge in [-0.15, -0.1) is 0 Å². The fraction of sp³-hybridized carbons (Fsp3) is 0.429. The van der Waals surface area contributed by atoms with E-state index in [-0.39, 0.29) is 18.4 Å². The lowest BCUT2D eigenvalue weighted by atomic mass is 10.1. The Labute approximate surface area is 163 Å². The van der Waals surface area contributed by atoms with Crippen LogP contribution in [0.1, 0.15) is 17.5 Å². The summed E-state index contributed by atoms with van der Waals surface area (Å²) in [5.41, 5.74) is 1.50. The summed E-state index contributed by atoms with van der Waals surface area (Å²) in [6.07, 6.45) is 0.588. The van der Waals surface area contributed by atoms with Gasteiger partial charge in [-0.2, -0.15) is 0 Å². The molecule has 0 radical (unpaired) electrons. The largest absolute Gasteiger partial charge is 0.504 e. The Morgan fingerprint density at radius 1 is 1.11 bits per heavy atom. The molecule has 0 bridgehead atoms. The van der Waals surface area contributed by atoms with Gasteiger partial charge in [0.15, 0.2) is 23.1 Å². The van der Waals surface area contributed by atoms with Crippen molar-refractivity contribution in [3.05, 3.63) is 59.2 Å². The normalized spacial score (nSPS) is 18.4. The Balaban J connectivity index is 1.67. The van der Waals surface area contributed by atoms with Gasteiger partial charge in [0.05, 0.1) is 7.11 Å². The van der Waals surface area contributed by atoms with Crippen molar-refractivity contribution in [2.75, 3.05) is 33.4 Å². The Bertz CT molecular complexity index is 803. The predicted octanol–water partition coefficient (Wildman–Crippen LogP) is 2.75. The van der Waals surface area contributed by atoms with Crippen LogP contribution in [0.4, 0.5) is 8.78 Å². The number of nitrogens with zero attached hydrogens (tertiary/aromatic N) is 2.